The van der Waals surface area contributed by atoms with E-state index in [1.165, 1.54) is 52.8 Å². The summed E-state index contributed by atoms with van der Waals surface area (Å²) in [5.41, 5.74) is 9.94. The minimum atomic E-state index is -0.247. The summed E-state index contributed by atoms with van der Waals surface area (Å²) in [6.45, 7) is 0. The summed E-state index contributed by atoms with van der Waals surface area (Å²) in [6, 6.07) is 53.6. The number of nitriles is 1. The van der Waals surface area contributed by atoms with Crippen LogP contribution in [0.4, 0.5) is 0 Å². The van der Waals surface area contributed by atoms with Gasteiger partial charge in [0.2, 0.25) is 0 Å². The highest BCUT2D eigenvalue weighted by Crippen LogP contribution is 2.35. The number of para-hydroxylation sites is 1. The minimum Gasteiger partial charge on any atom is -0.350 e. The molecule has 2 N–H and O–H groups in total. The minimum absolute atomic E-state index is 0.193. The number of nitrogens with one attached hydrogen (secondary N) is 2. The van der Waals surface area contributed by atoms with Crippen LogP contribution >= 0.6 is 11.3 Å². The number of rotatable bonds is 5. The van der Waals surface area contributed by atoms with Crippen LogP contribution in [0.3, 0.4) is 0 Å². The van der Waals surface area contributed by atoms with Gasteiger partial charge in [0, 0.05) is 31.3 Å². The zero-order valence-corrected chi connectivity index (χ0v) is 29.1. The number of nitrogens with zero attached hydrogens (tertiary/aromatic N) is 3. The molecule has 0 bridgehead atoms. The van der Waals surface area contributed by atoms with Crippen LogP contribution in [0.2, 0.25) is 0 Å². The Bertz CT molecular complexity index is 2870. The number of benzene rings is 6. The SMILES string of the molecule is N#Cc1cccc(C2=NC(c3ccccc3)NC(c3ccc(-n4c5ccccc5c5cc(C6=c7sc8ccccc8c7=CCC6)ccc54)cc3)N2)c1. The first-order valence-electron chi connectivity index (χ1n) is 17.7. The molecule has 2 aliphatic rings. The standard InChI is InChI=1S/C46H33N5S/c47-28-29-10-8-13-33(26-29)46-49-44(30-11-2-1-3-12-30)48-45(50-46)31-20-23-34(24-21-31)51-40-18-6-4-14-36(40)39-27-32(22-25-41(39)51)35-16-9-17-38-37-15-5-7-19-42(37)52-43(35)38/h1-8,10-15,17-27,44-45,48H,9,16H2,(H,49,50). The van der Waals surface area contributed by atoms with E-state index >= 15 is 0 Å². The summed E-state index contributed by atoms with van der Waals surface area (Å²) in [4.78, 5) is 5.04. The maximum Gasteiger partial charge on any atom is 0.131 e. The van der Waals surface area contributed by atoms with E-state index in [1.54, 1.807) is 0 Å². The van der Waals surface area contributed by atoms with E-state index in [2.05, 4.69) is 130 Å². The molecule has 0 saturated heterocycles. The summed E-state index contributed by atoms with van der Waals surface area (Å²) < 4.78 is 5.16. The van der Waals surface area contributed by atoms with Crippen LogP contribution in [0.1, 0.15) is 53.0 Å². The summed E-state index contributed by atoms with van der Waals surface area (Å²) >= 11 is 1.92. The Hall–Kier alpha value is -6.26. The Morgan fingerprint density at radius 1 is 0.692 bits per heavy atom. The lowest BCUT2D eigenvalue weighted by atomic mass is 9.95. The molecule has 52 heavy (non-hydrogen) atoms. The zero-order chi connectivity index (χ0) is 34.6. The average molecular weight is 688 g/mol. The van der Waals surface area contributed by atoms with Crippen LogP contribution < -0.4 is 20.4 Å². The molecule has 2 atom stereocenters. The van der Waals surface area contributed by atoms with Gasteiger partial charge >= 0.3 is 0 Å². The van der Waals surface area contributed by atoms with Gasteiger partial charge in [0.15, 0.2) is 0 Å². The Morgan fingerprint density at radius 3 is 2.35 bits per heavy atom. The third-order valence-corrected chi connectivity index (χ3v) is 11.6. The van der Waals surface area contributed by atoms with Crippen molar-refractivity contribution < 1.29 is 0 Å². The van der Waals surface area contributed by atoms with Gasteiger partial charge in [0.1, 0.15) is 18.2 Å². The Morgan fingerprint density at radius 2 is 1.48 bits per heavy atom. The smallest absolute Gasteiger partial charge is 0.131 e. The van der Waals surface area contributed by atoms with Gasteiger partial charge in [-0.15, -0.1) is 11.3 Å². The van der Waals surface area contributed by atoms with Crippen molar-refractivity contribution in [2.75, 3.05) is 0 Å². The fraction of sp³-hybridized carbons (Fsp3) is 0.0870. The first kappa shape index (κ1) is 30.6. The Balaban J connectivity index is 1.04. The van der Waals surface area contributed by atoms with Crippen molar-refractivity contribution in [2.24, 2.45) is 4.99 Å². The largest absolute Gasteiger partial charge is 0.350 e. The topological polar surface area (TPSA) is 65.1 Å². The molecule has 8 aromatic rings. The molecule has 6 heteroatoms. The number of hydrogen-bond acceptors (Lipinski definition) is 5. The summed E-state index contributed by atoms with van der Waals surface area (Å²) in [5, 5.41) is 22.2. The first-order chi connectivity index (χ1) is 25.7. The fourth-order valence-electron chi connectivity index (χ4n) is 7.92. The van der Waals surface area contributed by atoms with E-state index in [0.717, 1.165) is 41.1 Å². The molecule has 0 fully saturated rings. The molecular weight excluding hydrogens is 655 g/mol. The molecule has 6 aromatic carbocycles. The maximum absolute atomic E-state index is 9.56. The maximum atomic E-state index is 9.56. The van der Waals surface area contributed by atoms with Gasteiger partial charge in [-0.25, -0.2) is 4.99 Å². The fourth-order valence-corrected chi connectivity index (χ4v) is 9.22. The van der Waals surface area contributed by atoms with E-state index < -0.39 is 0 Å². The Kier molecular flexibility index (Phi) is 7.35. The van der Waals surface area contributed by atoms with E-state index in [9.17, 15) is 5.26 Å². The predicted octanol–water partition coefficient (Wildman–Crippen LogP) is 8.98. The third-order valence-electron chi connectivity index (χ3n) is 10.4. The van der Waals surface area contributed by atoms with Crippen molar-refractivity contribution in [1.82, 2.24) is 15.2 Å². The van der Waals surface area contributed by atoms with Crippen molar-refractivity contribution in [1.29, 1.82) is 5.26 Å². The molecule has 0 radical (unpaired) electrons. The van der Waals surface area contributed by atoms with Gasteiger partial charge in [-0.1, -0.05) is 103 Å². The van der Waals surface area contributed by atoms with Crippen LogP contribution in [0.25, 0.3) is 49.2 Å². The molecule has 1 aliphatic carbocycles. The lowest BCUT2D eigenvalue weighted by molar-refractivity contribution is 0.409. The van der Waals surface area contributed by atoms with Crippen LogP contribution in [0, 0.1) is 11.3 Å². The van der Waals surface area contributed by atoms with Gasteiger partial charge in [-0.2, -0.15) is 5.26 Å². The van der Waals surface area contributed by atoms with Gasteiger partial charge in [-0.3, -0.25) is 5.32 Å². The number of amidine groups is 1. The molecule has 1 aliphatic heterocycles. The monoisotopic (exact) mass is 687 g/mol. The van der Waals surface area contributed by atoms with Gasteiger partial charge < -0.3 is 9.88 Å². The van der Waals surface area contributed by atoms with Crippen molar-refractivity contribution in [3.05, 3.63) is 183 Å². The molecular formula is C46H33N5S. The van der Waals surface area contributed by atoms with Crippen LogP contribution in [0.5, 0.6) is 0 Å². The van der Waals surface area contributed by atoms with Gasteiger partial charge in [0.25, 0.3) is 0 Å². The molecule has 5 nitrogen and oxygen atoms in total. The van der Waals surface area contributed by atoms with Gasteiger partial charge in [0.05, 0.1) is 22.7 Å². The zero-order valence-electron chi connectivity index (χ0n) is 28.3. The third kappa shape index (κ3) is 5.13. The van der Waals surface area contributed by atoms with Crippen LogP contribution in [-0.4, -0.2) is 10.4 Å². The second-order valence-electron chi connectivity index (χ2n) is 13.5. The van der Waals surface area contributed by atoms with Crippen LogP contribution in [-0.2, 0) is 0 Å². The highest BCUT2D eigenvalue weighted by Gasteiger charge is 2.26. The number of aliphatic imine (C=N–C) groups is 1. The summed E-state index contributed by atoms with van der Waals surface area (Å²) in [5.74, 6) is 0.758. The first-order valence-corrected chi connectivity index (χ1v) is 18.5. The lowest BCUT2D eigenvalue weighted by Gasteiger charge is -2.32. The van der Waals surface area contributed by atoms with Crippen molar-refractivity contribution in [3.63, 3.8) is 0 Å². The lowest BCUT2D eigenvalue weighted by Crippen LogP contribution is -2.45. The van der Waals surface area contributed by atoms with Gasteiger partial charge in [-0.05, 0) is 94.2 Å². The summed E-state index contributed by atoms with van der Waals surface area (Å²) in [7, 11) is 0. The van der Waals surface area contributed by atoms with E-state index in [1.807, 2.05) is 53.8 Å². The predicted molar refractivity (Wildman–Crippen MR) is 214 cm³/mol. The van der Waals surface area contributed by atoms with E-state index in [-0.39, 0.29) is 12.3 Å². The number of thiophene rings is 1. The highest BCUT2D eigenvalue weighted by molar-refractivity contribution is 7.17. The molecule has 3 heterocycles. The number of aromatic nitrogens is 1. The Labute approximate surface area is 305 Å². The van der Waals surface area contributed by atoms with Crippen molar-refractivity contribution in [3.8, 4) is 11.8 Å². The normalized spacial score (nSPS) is 17.0. The van der Waals surface area contributed by atoms with Crippen molar-refractivity contribution >= 4 is 60.7 Å². The van der Waals surface area contributed by atoms with Crippen LogP contribution in [0.15, 0.2) is 151 Å². The quantitative estimate of drug-likeness (QED) is 0.190. The number of hydrogen-bond donors (Lipinski definition) is 2. The molecule has 0 amide bonds. The van der Waals surface area contributed by atoms with Crippen molar-refractivity contribution in [2.45, 2.75) is 25.2 Å². The molecule has 248 valence electrons. The number of fused-ring (bicyclic) bond motifs is 6. The second-order valence-corrected chi connectivity index (χ2v) is 14.5. The molecule has 10 rings (SSSR count). The van der Waals surface area contributed by atoms with E-state index in [0.29, 0.717) is 5.56 Å². The average Bonchev–Trinajstić information content (AvgIpc) is 3.77. The highest BCUT2D eigenvalue weighted by atomic mass is 32.1. The summed E-state index contributed by atoms with van der Waals surface area (Å²) in [6.07, 6.45) is 4.09. The van der Waals surface area contributed by atoms with E-state index in [4.69, 9.17) is 4.99 Å². The molecule has 0 saturated carbocycles. The molecule has 2 unspecified atom stereocenters. The molecule has 0 spiro atoms. The molecule has 2 aromatic heterocycles. The second kappa shape index (κ2) is 12.5.